The molecule has 0 aliphatic carbocycles. The van der Waals surface area contributed by atoms with E-state index >= 15 is 0 Å². The second kappa shape index (κ2) is 7.79. The number of non-ortho nitro benzene ring substituents is 1. The van der Waals surface area contributed by atoms with E-state index in [2.05, 4.69) is 20.8 Å². The molecular formula is C20H20N2O4. The van der Waals surface area contributed by atoms with Crippen molar-refractivity contribution in [1.29, 1.82) is 5.26 Å². The Hall–Kier alpha value is -3.20. The van der Waals surface area contributed by atoms with E-state index in [1.807, 2.05) is 18.2 Å². The number of nitriles is 1. The summed E-state index contributed by atoms with van der Waals surface area (Å²) in [4.78, 5) is 22.4. The van der Waals surface area contributed by atoms with Gasteiger partial charge in [-0.25, -0.2) is 4.79 Å². The maximum Gasteiger partial charge on any atom is 0.339 e. The molecule has 0 saturated heterocycles. The molecule has 6 heteroatoms. The Morgan fingerprint density at radius 1 is 1.15 bits per heavy atom. The number of nitro groups is 1. The molecule has 134 valence electrons. The molecule has 0 N–H and O–H groups in total. The lowest BCUT2D eigenvalue weighted by atomic mass is 9.87. The molecule has 0 saturated carbocycles. The van der Waals surface area contributed by atoms with Crippen molar-refractivity contribution >= 4 is 11.7 Å². The van der Waals surface area contributed by atoms with Crippen LogP contribution in [0.1, 0.15) is 42.3 Å². The van der Waals surface area contributed by atoms with Crippen LogP contribution in [-0.2, 0) is 16.6 Å². The molecule has 0 unspecified atom stereocenters. The number of carbonyl (C=O) groups excluding carboxylic acids is 1. The fraction of sp³-hybridized carbons (Fsp3) is 0.300. The van der Waals surface area contributed by atoms with Crippen molar-refractivity contribution in [2.75, 3.05) is 0 Å². The fourth-order valence-corrected chi connectivity index (χ4v) is 2.39. The summed E-state index contributed by atoms with van der Waals surface area (Å²) in [5.74, 6) is -0.570. The Kier molecular flexibility index (Phi) is 5.73. The van der Waals surface area contributed by atoms with Crippen molar-refractivity contribution in [2.24, 2.45) is 0 Å². The lowest BCUT2D eigenvalue weighted by Gasteiger charge is -2.19. The Bertz CT molecular complexity index is 828. The minimum absolute atomic E-state index is 0.0203. The van der Waals surface area contributed by atoms with Gasteiger partial charge in [0.1, 0.15) is 6.07 Å². The largest absolute Gasteiger partial charge is 0.443 e. The summed E-state index contributed by atoms with van der Waals surface area (Å²) in [5, 5.41) is 19.9. The van der Waals surface area contributed by atoms with E-state index in [9.17, 15) is 20.2 Å². The number of benzene rings is 2. The Balaban J connectivity index is 2.04. The predicted molar refractivity (Wildman–Crippen MR) is 96.8 cm³/mol. The van der Waals surface area contributed by atoms with Gasteiger partial charge >= 0.3 is 5.97 Å². The van der Waals surface area contributed by atoms with E-state index in [1.54, 1.807) is 24.3 Å². The topological polar surface area (TPSA) is 93.2 Å². The van der Waals surface area contributed by atoms with Gasteiger partial charge < -0.3 is 4.74 Å². The highest BCUT2D eigenvalue weighted by atomic mass is 16.6. The van der Waals surface area contributed by atoms with Crippen LogP contribution >= 0.6 is 0 Å². The van der Waals surface area contributed by atoms with Crippen LogP contribution in [-0.4, -0.2) is 17.0 Å². The first kappa shape index (κ1) is 19.1. The summed E-state index contributed by atoms with van der Waals surface area (Å²) in [6.07, 6.45) is -0.799. The molecule has 0 aliphatic rings. The van der Waals surface area contributed by atoms with Gasteiger partial charge in [0, 0.05) is 18.6 Å². The van der Waals surface area contributed by atoms with Gasteiger partial charge in [-0.1, -0.05) is 45.0 Å². The van der Waals surface area contributed by atoms with E-state index in [0.29, 0.717) is 11.1 Å². The summed E-state index contributed by atoms with van der Waals surface area (Å²) in [5.41, 5.74) is 2.10. The normalized spacial score (nSPS) is 12.1. The van der Waals surface area contributed by atoms with Crippen molar-refractivity contribution in [3.63, 3.8) is 0 Å². The van der Waals surface area contributed by atoms with Crippen LogP contribution in [0.4, 0.5) is 5.69 Å². The summed E-state index contributed by atoms with van der Waals surface area (Å²) >= 11 is 0. The molecule has 0 fully saturated rings. The van der Waals surface area contributed by atoms with Crippen molar-refractivity contribution < 1.29 is 14.5 Å². The molecule has 26 heavy (non-hydrogen) atoms. The van der Waals surface area contributed by atoms with Crippen molar-refractivity contribution in [3.05, 3.63) is 75.3 Å². The highest BCUT2D eigenvalue weighted by molar-refractivity contribution is 5.89. The summed E-state index contributed by atoms with van der Waals surface area (Å²) in [6.45, 7) is 6.24. The molecular weight excluding hydrogens is 332 g/mol. The molecule has 0 heterocycles. The maximum atomic E-state index is 12.2. The predicted octanol–water partition coefficient (Wildman–Crippen LogP) is 4.18. The number of nitrogens with zero attached hydrogens (tertiary/aromatic N) is 2. The first-order valence-corrected chi connectivity index (χ1v) is 8.15. The molecule has 2 rings (SSSR count). The summed E-state index contributed by atoms with van der Waals surface area (Å²) in [7, 11) is 0. The zero-order valence-electron chi connectivity index (χ0n) is 14.9. The minimum atomic E-state index is -0.966. The molecule has 0 amide bonds. The lowest BCUT2D eigenvalue weighted by molar-refractivity contribution is -0.384. The van der Waals surface area contributed by atoms with Gasteiger partial charge in [-0.3, -0.25) is 10.1 Å². The van der Waals surface area contributed by atoms with E-state index in [-0.39, 0.29) is 17.5 Å². The maximum absolute atomic E-state index is 12.2. The van der Waals surface area contributed by atoms with Crippen molar-refractivity contribution in [2.45, 2.75) is 38.7 Å². The van der Waals surface area contributed by atoms with Crippen LogP contribution in [0.3, 0.4) is 0 Å². The highest BCUT2D eigenvalue weighted by Gasteiger charge is 2.18. The zero-order chi connectivity index (χ0) is 19.3. The third-order valence-electron chi connectivity index (χ3n) is 3.95. The SMILES string of the molecule is CC(C)(C)c1ccc(C(=O)O[C@@H](C#N)Cc2ccc([N+](=O)[O-])cc2)cc1. The summed E-state index contributed by atoms with van der Waals surface area (Å²) in [6, 6.07) is 14.9. The standard InChI is InChI=1S/C20H20N2O4/c1-20(2,3)16-8-6-15(7-9-16)19(23)26-18(13-21)12-14-4-10-17(11-5-14)22(24)25/h4-11,18H,12H2,1-3H3/t18-/m1/s1. The van der Waals surface area contributed by atoms with Gasteiger partial charge in [0.15, 0.2) is 6.10 Å². The molecule has 0 aliphatic heterocycles. The molecule has 6 nitrogen and oxygen atoms in total. The van der Waals surface area contributed by atoms with Gasteiger partial charge in [0.05, 0.1) is 10.5 Å². The number of nitro benzene ring substituents is 1. The van der Waals surface area contributed by atoms with E-state index in [1.165, 1.54) is 12.1 Å². The van der Waals surface area contributed by atoms with Crippen LogP contribution in [0.2, 0.25) is 0 Å². The van der Waals surface area contributed by atoms with E-state index in [0.717, 1.165) is 5.56 Å². The Morgan fingerprint density at radius 2 is 1.73 bits per heavy atom. The van der Waals surface area contributed by atoms with Crippen LogP contribution in [0.25, 0.3) is 0 Å². The number of hydrogen-bond donors (Lipinski definition) is 0. The molecule has 2 aromatic carbocycles. The molecule has 0 bridgehead atoms. The average Bonchev–Trinajstić information content (AvgIpc) is 2.60. The second-order valence-corrected chi connectivity index (χ2v) is 6.98. The van der Waals surface area contributed by atoms with Crippen LogP contribution < -0.4 is 0 Å². The van der Waals surface area contributed by atoms with Crippen LogP contribution in [0.5, 0.6) is 0 Å². The number of ether oxygens (including phenoxy) is 1. The first-order valence-electron chi connectivity index (χ1n) is 8.15. The van der Waals surface area contributed by atoms with Gasteiger partial charge in [-0.05, 0) is 28.7 Å². The number of hydrogen-bond acceptors (Lipinski definition) is 5. The Labute approximate surface area is 152 Å². The molecule has 2 aromatic rings. The molecule has 0 radical (unpaired) electrons. The highest BCUT2D eigenvalue weighted by Crippen LogP contribution is 2.22. The van der Waals surface area contributed by atoms with Gasteiger partial charge in [-0.15, -0.1) is 0 Å². The fourth-order valence-electron chi connectivity index (χ4n) is 2.39. The number of esters is 1. The smallest absolute Gasteiger partial charge is 0.339 e. The first-order chi connectivity index (χ1) is 12.2. The third kappa shape index (κ3) is 4.90. The van der Waals surface area contributed by atoms with E-state index in [4.69, 9.17) is 4.74 Å². The zero-order valence-corrected chi connectivity index (χ0v) is 14.9. The quantitative estimate of drug-likeness (QED) is 0.457. The van der Waals surface area contributed by atoms with Crippen molar-refractivity contribution in [1.82, 2.24) is 0 Å². The lowest BCUT2D eigenvalue weighted by Crippen LogP contribution is -2.19. The molecule has 0 spiro atoms. The minimum Gasteiger partial charge on any atom is -0.443 e. The van der Waals surface area contributed by atoms with Crippen LogP contribution in [0.15, 0.2) is 48.5 Å². The average molecular weight is 352 g/mol. The molecule has 0 aromatic heterocycles. The second-order valence-electron chi connectivity index (χ2n) is 6.98. The van der Waals surface area contributed by atoms with Gasteiger partial charge in [0.25, 0.3) is 5.69 Å². The number of rotatable bonds is 5. The van der Waals surface area contributed by atoms with Gasteiger partial charge in [-0.2, -0.15) is 5.26 Å². The monoisotopic (exact) mass is 352 g/mol. The van der Waals surface area contributed by atoms with Crippen molar-refractivity contribution in [3.8, 4) is 6.07 Å². The number of carbonyl (C=O) groups is 1. The van der Waals surface area contributed by atoms with Gasteiger partial charge in [0.2, 0.25) is 0 Å². The third-order valence-corrected chi connectivity index (χ3v) is 3.95. The van der Waals surface area contributed by atoms with Crippen LogP contribution in [0, 0.1) is 21.4 Å². The summed E-state index contributed by atoms with van der Waals surface area (Å²) < 4.78 is 5.26. The molecule has 1 atom stereocenters. The Morgan fingerprint density at radius 3 is 2.19 bits per heavy atom. The van der Waals surface area contributed by atoms with E-state index < -0.39 is 17.0 Å².